The second kappa shape index (κ2) is 7.24. The third kappa shape index (κ3) is 3.83. The summed E-state index contributed by atoms with van der Waals surface area (Å²) in [6, 6.07) is 6.07. The number of amides is 2. The zero-order valence-corrected chi connectivity index (χ0v) is 14.8. The SMILES string of the molecule is NC(=O)c1ccc(SCC(=O)N2CCc3sccc3C2)c([N+](=O)[O-])c1. The normalized spacial score (nSPS) is 13.4. The number of primary amides is 1. The molecule has 0 saturated carbocycles. The summed E-state index contributed by atoms with van der Waals surface area (Å²) < 4.78 is 0. The Hall–Kier alpha value is -2.39. The van der Waals surface area contributed by atoms with E-state index in [0.29, 0.717) is 18.0 Å². The first kappa shape index (κ1) is 17.4. The van der Waals surface area contributed by atoms with Crippen LogP contribution in [-0.2, 0) is 17.8 Å². The van der Waals surface area contributed by atoms with Gasteiger partial charge in [0.15, 0.2) is 0 Å². The van der Waals surface area contributed by atoms with Crippen LogP contribution >= 0.6 is 23.1 Å². The predicted molar refractivity (Wildman–Crippen MR) is 95.8 cm³/mol. The highest BCUT2D eigenvalue weighted by molar-refractivity contribution is 8.00. The Bertz CT molecular complexity index is 850. The molecule has 7 nitrogen and oxygen atoms in total. The summed E-state index contributed by atoms with van der Waals surface area (Å²) in [7, 11) is 0. The van der Waals surface area contributed by atoms with Gasteiger partial charge in [0.05, 0.1) is 15.6 Å². The van der Waals surface area contributed by atoms with Gasteiger partial charge in [-0.3, -0.25) is 19.7 Å². The summed E-state index contributed by atoms with van der Waals surface area (Å²) in [6.07, 6.45) is 0.844. The van der Waals surface area contributed by atoms with Crippen LogP contribution in [-0.4, -0.2) is 33.9 Å². The molecule has 2 aromatic rings. The minimum Gasteiger partial charge on any atom is -0.366 e. The highest BCUT2D eigenvalue weighted by Gasteiger charge is 2.23. The molecule has 2 amide bonds. The van der Waals surface area contributed by atoms with Crippen LogP contribution in [0.15, 0.2) is 34.5 Å². The van der Waals surface area contributed by atoms with Crippen molar-refractivity contribution in [1.29, 1.82) is 0 Å². The van der Waals surface area contributed by atoms with Gasteiger partial charge >= 0.3 is 0 Å². The fraction of sp³-hybridized carbons (Fsp3) is 0.250. The maximum Gasteiger partial charge on any atom is 0.283 e. The number of benzene rings is 1. The van der Waals surface area contributed by atoms with Crippen molar-refractivity contribution in [3.63, 3.8) is 0 Å². The van der Waals surface area contributed by atoms with Gasteiger partial charge in [0.2, 0.25) is 11.8 Å². The molecule has 0 unspecified atom stereocenters. The van der Waals surface area contributed by atoms with E-state index in [2.05, 4.69) is 0 Å². The fourth-order valence-electron chi connectivity index (χ4n) is 2.63. The molecule has 130 valence electrons. The van der Waals surface area contributed by atoms with Gasteiger partial charge in [0, 0.05) is 29.6 Å². The largest absolute Gasteiger partial charge is 0.366 e. The maximum absolute atomic E-state index is 12.4. The minimum atomic E-state index is -0.726. The van der Waals surface area contributed by atoms with Crippen molar-refractivity contribution in [2.75, 3.05) is 12.3 Å². The van der Waals surface area contributed by atoms with Crippen LogP contribution < -0.4 is 5.73 Å². The van der Waals surface area contributed by atoms with Crippen molar-refractivity contribution in [2.24, 2.45) is 5.73 Å². The zero-order chi connectivity index (χ0) is 18.0. The second-order valence-corrected chi connectivity index (χ2v) is 7.54. The van der Waals surface area contributed by atoms with Crippen LogP contribution in [0.25, 0.3) is 0 Å². The van der Waals surface area contributed by atoms with Crippen LogP contribution in [0.5, 0.6) is 0 Å². The molecule has 3 rings (SSSR count). The van der Waals surface area contributed by atoms with Crippen molar-refractivity contribution in [1.82, 2.24) is 4.90 Å². The lowest BCUT2D eigenvalue weighted by atomic mass is 10.1. The molecular weight excluding hydrogens is 362 g/mol. The molecule has 25 heavy (non-hydrogen) atoms. The summed E-state index contributed by atoms with van der Waals surface area (Å²) in [5, 5.41) is 13.2. The first-order valence-corrected chi connectivity index (χ1v) is 9.36. The number of thiophene rings is 1. The molecule has 9 heteroatoms. The molecule has 0 radical (unpaired) electrons. The van der Waals surface area contributed by atoms with Crippen molar-refractivity contribution in [2.45, 2.75) is 17.9 Å². The smallest absolute Gasteiger partial charge is 0.283 e. The number of nitrogens with two attached hydrogens (primary N) is 1. The van der Waals surface area contributed by atoms with E-state index in [0.717, 1.165) is 24.2 Å². The Balaban J connectivity index is 1.68. The average Bonchev–Trinajstić information content (AvgIpc) is 3.06. The Labute approximate surface area is 152 Å². The number of nitro benzene ring substituents is 1. The third-order valence-corrected chi connectivity index (χ3v) is 6.02. The van der Waals surface area contributed by atoms with E-state index in [1.54, 1.807) is 16.2 Å². The topological polar surface area (TPSA) is 107 Å². The van der Waals surface area contributed by atoms with Gasteiger partial charge in [0.1, 0.15) is 0 Å². The molecule has 0 spiro atoms. The molecule has 0 fully saturated rings. The molecule has 0 atom stereocenters. The molecule has 1 aliphatic heterocycles. The number of nitrogens with zero attached hydrogens (tertiary/aromatic N) is 2. The summed E-state index contributed by atoms with van der Waals surface area (Å²) in [5.41, 5.74) is 6.18. The van der Waals surface area contributed by atoms with Gasteiger partial charge in [0.25, 0.3) is 5.69 Å². The second-order valence-electron chi connectivity index (χ2n) is 5.53. The number of hydrogen-bond donors (Lipinski definition) is 1. The monoisotopic (exact) mass is 377 g/mol. The van der Waals surface area contributed by atoms with E-state index < -0.39 is 10.8 Å². The van der Waals surface area contributed by atoms with Gasteiger partial charge in [-0.15, -0.1) is 23.1 Å². The minimum absolute atomic E-state index is 0.0601. The van der Waals surface area contributed by atoms with Crippen molar-refractivity contribution < 1.29 is 14.5 Å². The van der Waals surface area contributed by atoms with E-state index in [1.807, 2.05) is 11.4 Å². The highest BCUT2D eigenvalue weighted by atomic mass is 32.2. The first-order chi connectivity index (χ1) is 12.0. The third-order valence-electron chi connectivity index (χ3n) is 3.95. The summed E-state index contributed by atoms with van der Waals surface area (Å²) in [4.78, 5) is 37.6. The van der Waals surface area contributed by atoms with Gasteiger partial charge in [-0.1, -0.05) is 0 Å². The van der Waals surface area contributed by atoms with E-state index in [9.17, 15) is 19.7 Å². The Morgan fingerprint density at radius 3 is 2.88 bits per heavy atom. The first-order valence-electron chi connectivity index (χ1n) is 7.50. The van der Waals surface area contributed by atoms with E-state index >= 15 is 0 Å². The highest BCUT2D eigenvalue weighted by Crippen LogP contribution is 2.31. The molecule has 0 bridgehead atoms. The Kier molecular flexibility index (Phi) is 5.05. The maximum atomic E-state index is 12.4. The molecular formula is C16H15N3O4S2. The fourth-order valence-corrected chi connectivity index (χ4v) is 4.42. The van der Waals surface area contributed by atoms with Crippen LogP contribution in [0.2, 0.25) is 0 Å². The standard InChI is InChI=1S/C16H15N3O4S2/c17-16(21)10-1-2-14(12(7-10)19(22)23)25-9-15(20)18-5-3-13-11(8-18)4-6-24-13/h1-2,4,6-7H,3,5,8-9H2,(H2,17,21). The zero-order valence-electron chi connectivity index (χ0n) is 13.1. The number of carbonyl (C=O) groups is 2. The molecule has 1 aliphatic rings. The van der Waals surface area contributed by atoms with E-state index in [1.165, 1.54) is 22.6 Å². The van der Waals surface area contributed by atoms with Crippen molar-refractivity contribution in [3.05, 3.63) is 55.8 Å². The van der Waals surface area contributed by atoms with Crippen LogP contribution in [0, 0.1) is 10.1 Å². The van der Waals surface area contributed by atoms with Gasteiger partial charge in [-0.2, -0.15) is 0 Å². The quantitative estimate of drug-likeness (QED) is 0.489. The summed E-state index contributed by atoms with van der Waals surface area (Å²) in [6.45, 7) is 1.25. The van der Waals surface area contributed by atoms with E-state index in [-0.39, 0.29) is 22.9 Å². The number of nitro groups is 1. The molecule has 2 heterocycles. The number of carbonyl (C=O) groups excluding carboxylic acids is 2. The van der Waals surface area contributed by atoms with Gasteiger partial charge in [-0.05, 0) is 35.6 Å². The Morgan fingerprint density at radius 2 is 2.16 bits per heavy atom. The molecule has 0 aliphatic carbocycles. The Morgan fingerprint density at radius 1 is 1.36 bits per heavy atom. The lowest BCUT2D eigenvalue weighted by Gasteiger charge is -2.26. The molecule has 1 aromatic heterocycles. The lowest BCUT2D eigenvalue weighted by Crippen LogP contribution is -2.36. The van der Waals surface area contributed by atoms with E-state index in [4.69, 9.17) is 5.73 Å². The predicted octanol–water partition coefficient (Wildman–Crippen LogP) is 2.43. The number of hydrogen-bond acceptors (Lipinski definition) is 6. The van der Waals surface area contributed by atoms with Crippen molar-refractivity contribution >= 4 is 40.6 Å². The van der Waals surface area contributed by atoms with Crippen LogP contribution in [0.4, 0.5) is 5.69 Å². The summed E-state index contributed by atoms with van der Waals surface area (Å²) >= 11 is 2.80. The number of rotatable bonds is 5. The number of fused-ring (bicyclic) bond motifs is 1. The molecule has 0 saturated heterocycles. The van der Waals surface area contributed by atoms with Gasteiger partial charge < -0.3 is 10.6 Å². The summed E-state index contributed by atoms with van der Waals surface area (Å²) in [5.74, 6) is -0.679. The lowest BCUT2D eigenvalue weighted by molar-refractivity contribution is -0.387. The molecule has 1 aromatic carbocycles. The van der Waals surface area contributed by atoms with Gasteiger partial charge in [-0.25, -0.2) is 0 Å². The molecule has 2 N–H and O–H groups in total. The van der Waals surface area contributed by atoms with Crippen LogP contribution in [0.1, 0.15) is 20.8 Å². The van der Waals surface area contributed by atoms with Crippen molar-refractivity contribution in [3.8, 4) is 0 Å². The van der Waals surface area contributed by atoms with Crippen LogP contribution in [0.3, 0.4) is 0 Å². The number of thioether (sulfide) groups is 1. The average molecular weight is 377 g/mol.